The Bertz CT molecular complexity index is 437. The number of carboxylic acids is 1. The molecule has 0 bridgehead atoms. The van der Waals surface area contributed by atoms with Gasteiger partial charge in [0.05, 0.1) is 12.9 Å². The van der Waals surface area contributed by atoms with Crippen LogP contribution in [0, 0.1) is 0 Å². The molecule has 0 spiro atoms. The summed E-state index contributed by atoms with van der Waals surface area (Å²) in [6, 6.07) is 4.53. The predicted molar refractivity (Wildman–Crippen MR) is 60.6 cm³/mol. The molecule has 0 radical (unpaired) electrons. The van der Waals surface area contributed by atoms with Gasteiger partial charge in [0.2, 0.25) is 0 Å². The first-order chi connectivity index (χ1) is 8.11. The number of nitrogens with two attached hydrogens (primary N) is 1. The van der Waals surface area contributed by atoms with Crippen LogP contribution in [-0.2, 0) is 4.79 Å². The van der Waals surface area contributed by atoms with E-state index in [1.165, 1.54) is 7.11 Å². The van der Waals surface area contributed by atoms with Gasteiger partial charge in [0, 0.05) is 5.56 Å². The van der Waals surface area contributed by atoms with E-state index in [9.17, 15) is 15.0 Å². The molecule has 0 aliphatic carbocycles. The molecule has 0 amide bonds. The van der Waals surface area contributed by atoms with Crippen LogP contribution in [0.5, 0.6) is 11.5 Å². The van der Waals surface area contributed by atoms with Crippen molar-refractivity contribution in [2.45, 2.75) is 11.4 Å². The molecule has 0 aromatic heterocycles. The van der Waals surface area contributed by atoms with Crippen molar-refractivity contribution in [1.82, 2.24) is 0 Å². The summed E-state index contributed by atoms with van der Waals surface area (Å²) in [7, 11) is 1.48. The Balaban J connectivity index is 2.16. The number of phenolic OH excluding ortho intramolecular Hbond substituents is 1. The van der Waals surface area contributed by atoms with Crippen molar-refractivity contribution in [1.29, 1.82) is 0 Å². The normalized spacial score (nSPS) is 23.6. The van der Waals surface area contributed by atoms with Crippen LogP contribution in [0.3, 0.4) is 0 Å². The predicted octanol–water partition coefficient (Wildman–Crippen LogP) is -1.17. The molecule has 17 heavy (non-hydrogen) atoms. The molecule has 2 rings (SSSR count). The van der Waals surface area contributed by atoms with Gasteiger partial charge in [0.15, 0.2) is 16.9 Å². The second-order valence-corrected chi connectivity index (χ2v) is 4.98. The van der Waals surface area contributed by atoms with Crippen LogP contribution in [0.2, 0.25) is 0 Å². The van der Waals surface area contributed by atoms with Gasteiger partial charge in [-0.3, -0.25) is 0 Å². The van der Waals surface area contributed by atoms with Crippen molar-refractivity contribution < 1.29 is 25.1 Å². The molecule has 1 aromatic rings. The number of benzene rings is 1. The van der Waals surface area contributed by atoms with Crippen molar-refractivity contribution in [3.8, 4) is 11.5 Å². The number of quaternary nitrogens is 1. The molecule has 1 aliphatic heterocycles. The number of hydrogen-bond donors (Lipinski definition) is 2. The topological polar surface area (TPSA) is 86.2 Å². The minimum absolute atomic E-state index is 0.00685. The van der Waals surface area contributed by atoms with Crippen LogP contribution in [0.1, 0.15) is 10.9 Å². The Morgan fingerprint density at radius 2 is 2.41 bits per heavy atom. The average Bonchev–Trinajstić information content (AvgIpc) is 2.79. The highest BCUT2D eigenvalue weighted by atomic mass is 32.2. The summed E-state index contributed by atoms with van der Waals surface area (Å²) in [5, 5.41) is 22.0. The Kier molecular flexibility index (Phi) is 3.44. The molecule has 1 saturated heterocycles. The fourth-order valence-electron chi connectivity index (χ4n) is 1.75. The lowest BCUT2D eigenvalue weighted by Crippen LogP contribution is -2.90. The maximum Gasteiger partial charge on any atom is 0.161 e. The lowest BCUT2D eigenvalue weighted by Gasteiger charge is -2.12. The minimum atomic E-state index is -1.04. The van der Waals surface area contributed by atoms with Crippen molar-refractivity contribution in [3.63, 3.8) is 0 Å². The van der Waals surface area contributed by atoms with E-state index in [4.69, 9.17) is 4.74 Å². The molecular formula is C11H13NO4S. The van der Waals surface area contributed by atoms with E-state index in [-0.39, 0.29) is 11.1 Å². The molecule has 3 N–H and O–H groups in total. The Labute approximate surface area is 103 Å². The molecule has 1 fully saturated rings. The first kappa shape index (κ1) is 12.1. The highest BCUT2D eigenvalue weighted by molar-refractivity contribution is 7.99. The Hall–Kier alpha value is -1.40. The van der Waals surface area contributed by atoms with Crippen LogP contribution in [0.15, 0.2) is 18.2 Å². The fraction of sp³-hybridized carbons (Fsp3) is 0.364. The third-order valence-corrected chi connectivity index (χ3v) is 4.04. The van der Waals surface area contributed by atoms with Gasteiger partial charge in [-0.2, -0.15) is 0 Å². The maximum absolute atomic E-state index is 10.7. The number of aliphatic carboxylic acids is 1. The third kappa shape index (κ3) is 2.48. The van der Waals surface area contributed by atoms with Gasteiger partial charge in [0.25, 0.3) is 0 Å². The average molecular weight is 255 g/mol. The van der Waals surface area contributed by atoms with Gasteiger partial charge in [0.1, 0.15) is 12.0 Å². The van der Waals surface area contributed by atoms with E-state index in [1.807, 2.05) is 0 Å². The van der Waals surface area contributed by atoms with Crippen molar-refractivity contribution in [3.05, 3.63) is 23.8 Å². The zero-order chi connectivity index (χ0) is 12.4. The van der Waals surface area contributed by atoms with E-state index < -0.39 is 12.0 Å². The summed E-state index contributed by atoms with van der Waals surface area (Å²) in [6.07, 6.45) is 0. The number of methoxy groups -OCH3 is 1. The van der Waals surface area contributed by atoms with Gasteiger partial charge < -0.3 is 25.1 Å². The number of phenols is 1. The highest BCUT2D eigenvalue weighted by Crippen LogP contribution is 2.33. The molecule has 1 aliphatic rings. The van der Waals surface area contributed by atoms with Crippen molar-refractivity contribution in [2.24, 2.45) is 0 Å². The number of aromatic hydroxyl groups is 1. The van der Waals surface area contributed by atoms with E-state index >= 15 is 0 Å². The molecule has 5 nitrogen and oxygen atoms in total. The zero-order valence-corrected chi connectivity index (χ0v) is 10.1. The number of carbonyl (C=O) groups excluding carboxylic acids is 1. The summed E-state index contributed by atoms with van der Waals surface area (Å²) in [6.45, 7) is 0. The summed E-state index contributed by atoms with van der Waals surface area (Å²) in [5.74, 6) is -0.0363. The van der Waals surface area contributed by atoms with Gasteiger partial charge in [-0.05, 0) is 18.2 Å². The van der Waals surface area contributed by atoms with Crippen LogP contribution in [0.4, 0.5) is 0 Å². The van der Waals surface area contributed by atoms with Crippen LogP contribution >= 0.6 is 11.8 Å². The summed E-state index contributed by atoms with van der Waals surface area (Å²) in [5.41, 5.74) is 0.924. The van der Waals surface area contributed by atoms with Gasteiger partial charge in [-0.15, -0.1) is 0 Å². The maximum atomic E-state index is 10.7. The molecule has 2 atom stereocenters. The lowest BCUT2D eigenvalue weighted by molar-refractivity contribution is -0.690. The Morgan fingerprint density at radius 1 is 1.65 bits per heavy atom. The first-order valence-corrected chi connectivity index (χ1v) is 6.21. The molecule has 0 unspecified atom stereocenters. The van der Waals surface area contributed by atoms with E-state index in [0.717, 1.165) is 5.56 Å². The number of thioether (sulfide) groups is 1. The fourth-order valence-corrected chi connectivity index (χ4v) is 3.06. The highest BCUT2D eigenvalue weighted by Gasteiger charge is 2.31. The Morgan fingerprint density at radius 3 is 3.00 bits per heavy atom. The zero-order valence-electron chi connectivity index (χ0n) is 9.25. The SMILES string of the molecule is COc1cc([C@@H]2[NH2+][C@H](C(=O)[O-])CS2)ccc1O. The van der Waals surface area contributed by atoms with E-state index in [1.54, 1.807) is 35.3 Å². The monoisotopic (exact) mass is 255 g/mol. The van der Waals surface area contributed by atoms with Crippen LogP contribution < -0.4 is 15.2 Å². The second-order valence-electron chi connectivity index (χ2n) is 3.80. The minimum Gasteiger partial charge on any atom is -0.544 e. The third-order valence-electron chi connectivity index (χ3n) is 2.70. The number of carboxylic acid groups (broad SMARTS) is 1. The number of rotatable bonds is 3. The summed E-state index contributed by atoms with van der Waals surface area (Å²) < 4.78 is 5.02. The molecule has 1 aromatic carbocycles. The molecule has 1 heterocycles. The summed E-state index contributed by atoms with van der Waals surface area (Å²) in [4.78, 5) is 10.7. The number of ether oxygens (including phenoxy) is 1. The lowest BCUT2D eigenvalue weighted by atomic mass is 10.2. The molecule has 6 heteroatoms. The smallest absolute Gasteiger partial charge is 0.161 e. The van der Waals surface area contributed by atoms with Crippen LogP contribution in [-0.4, -0.2) is 30.0 Å². The largest absolute Gasteiger partial charge is 0.544 e. The van der Waals surface area contributed by atoms with Gasteiger partial charge >= 0.3 is 0 Å². The molecule has 0 saturated carbocycles. The standard InChI is InChI=1S/C11H13NO4S/c1-16-9-4-6(2-3-8(9)13)10-12-7(5-17-10)11(14)15/h2-4,7,10,12-13H,5H2,1H3,(H,14,15)/t7-,10+/m0/s1. The second kappa shape index (κ2) is 4.85. The van der Waals surface area contributed by atoms with Gasteiger partial charge in [-0.1, -0.05) is 11.8 Å². The number of hydrogen-bond acceptors (Lipinski definition) is 5. The van der Waals surface area contributed by atoms with E-state index in [0.29, 0.717) is 11.5 Å². The van der Waals surface area contributed by atoms with Crippen molar-refractivity contribution in [2.75, 3.05) is 12.9 Å². The van der Waals surface area contributed by atoms with Gasteiger partial charge in [-0.25, -0.2) is 0 Å². The van der Waals surface area contributed by atoms with Crippen LogP contribution in [0.25, 0.3) is 0 Å². The van der Waals surface area contributed by atoms with Crippen molar-refractivity contribution >= 4 is 17.7 Å². The summed E-state index contributed by atoms with van der Waals surface area (Å²) >= 11 is 1.54. The van der Waals surface area contributed by atoms with E-state index in [2.05, 4.69) is 0 Å². The quantitative estimate of drug-likeness (QED) is 0.710. The molecule has 92 valence electrons. The molecular weight excluding hydrogens is 242 g/mol. The first-order valence-electron chi connectivity index (χ1n) is 5.16. The number of carbonyl (C=O) groups is 1.